The number of aliphatic hydroxyl groups excluding tert-OH is 2. The van der Waals surface area contributed by atoms with Gasteiger partial charge in [-0.15, -0.1) is 0 Å². The van der Waals surface area contributed by atoms with Crippen molar-refractivity contribution in [2.75, 3.05) is 13.2 Å². The van der Waals surface area contributed by atoms with E-state index in [9.17, 15) is 19.8 Å². The van der Waals surface area contributed by atoms with Crippen LogP contribution in [0.4, 0.5) is 0 Å². The number of aliphatic hydroxyl groups is 2. The molecule has 2 unspecified atom stereocenters. The molecule has 0 aliphatic carbocycles. The van der Waals surface area contributed by atoms with E-state index in [4.69, 9.17) is 4.74 Å². The Hall–Kier alpha value is -1.66. The van der Waals surface area contributed by atoms with Crippen LogP contribution in [-0.4, -0.2) is 47.4 Å². The predicted octanol–water partition coefficient (Wildman–Crippen LogP) is 20.2. The highest BCUT2D eigenvalue weighted by Gasteiger charge is 2.18. The van der Waals surface area contributed by atoms with Crippen molar-refractivity contribution in [3.05, 3.63) is 24.3 Å². The zero-order valence-corrected chi connectivity index (χ0v) is 48.0. The second-order valence-electron chi connectivity index (χ2n) is 22.1. The average molecular weight is 1000 g/mol. The molecule has 420 valence electrons. The van der Waals surface area contributed by atoms with Gasteiger partial charge >= 0.3 is 5.97 Å². The van der Waals surface area contributed by atoms with Crippen LogP contribution in [0, 0.1) is 0 Å². The summed E-state index contributed by atoms with van der Waals surface area (Å²) in [5, 5.41) is 23.2. The number of amides is 1. The summed E-state index contributed by atoms with van der Waals surface area (Å²) in [4.78, 5) is 24.5. The molecule has 0 aromatic carbocycles. The maximum absolute atomic E-state index is 12.5. The Balaban J connectivity index is 3.39. The monoisotopic (exact) mass is 1000 g/mol. The number of hydrogen-bond donors (Lipinski definition) is 3. The molecule has 0 aliphatic rings. The SMILES string of the molecule is CCCC/C=C\CCCCCCCC(=O)OCCCCCCCCCCCCCCCCCCCCCCCCCCCC(=O)NC(CO)C(O)/C=C/CCCCCCCCCCCCCCCCCC. The van der Waals surface area contributed by atoms with Crippen LogP contribution in [0.2, 0.25) is 0 Å². The van der Waals surface area contributed by atoms with Crippen LogP contribution in [0.15, 0.2) is 24.3 Å². The molecule has 0 saturated heterocycles. The van der Waals surface area contributed by atoms with Crippen LogP contribution in [0.1, 0.15) is 354 Å². The van der Waals surface area contributed by atoms with Gasteiger partial charge in [-0.2, -0.15) is 0 Å². The molecule has 1 amide bonds. The lowest BCUT2D eigenvalue weighted by Crippen LogP contribution is -2.45. The number of ether oxygens (including phenoxy) is 1. The van der Waals surface area contributed by atoms with Crippen LogP contribution in [-0.2, 0) is 14.3 Å². The highest BCUT2D eigenvalue weighted by atomic mass is 16.5. The molecule has 71 heavy (non-hydrogen) atoms. The van der Waals surface area contributed by atoms with E-state index < -0.39 is 12.1 Å². The molecule has 0 spiro atoms. The number of carbonyl (C=O) groups is 2. The molecule has 0 heterocycles. The molecular formula is C65H125NO5. The summed E-state index contributed by atoms with van der Waals surface area (Å²) < 4.78 is 5.46. The molecular weight excluding hydrogens is 875 g/mol. The summed E-state index contributed by atoms with van der Waals surface area (Å²) in [6.07, 6.45) is 75.2. The third-order valence-electron chi connectivity index (χ3n) is 15.0. The van der Waals surface area contributed by atoms with Gasteiger partial charge in [-0.1, -0.05) is 314 Å². The second-order valence-corrected chi connectivity index (χ2v) is 22.1. The van der Waals surface area contributed by atoms with Crippen molar-refractivity contribution in [3.63, 3.8) is 0 Å². The van der Waals surface area contributed by atoms with E-state index in [1.54, 1.807) is 6.08 Å². The molecule has 3 N–H and O–H groups in total. The van der Waals surface area contributed by atoms with Gasteiger partial charge < -0.3 is 20.3 Å². The summed E-state index contributed by atoms with van der Waals surface area (Å²) >= 11 is 0. The summed E-state index contributed by atoms with van der Waals surface area (Å²) in [6, 6.07) is -0.626. The summed E-state index contributed by atoms with van der Waals surface area (Å²) in [5.74, 6) is -0.0583. The van der Waals surface area contributed by atoms with E-state index in [0.29, 0.717) is 19.4 Å². The maximum Gasteiger partial charge on any atom is 0.305 e. The molecule has 0 aromatic rings. The van der Waals surface area contributed by atoms with E-state index in [1.807, 2.05) is 6.08 Å². The lowest BCUT2D eigenvalue weighted by molar-refractivity contribution is -0.143. The third kappa shape index (κ3) is 57.5. The van der Waals surface area contributed by atoms with Gasteiger partial charge in [0.15, 0.2) is 0 Å². The van der Waals surface area contributed by atoms with Gasteiger partial charge in [-0.25, -0.2) is 0 Å². The highest BCUT2D eigenvalue weighted by Crippen LogP contribution is 2.18. The van der Waals surface area contributed by atoms with E-state index in [1.165, 1.54) is 283 Å². The fraction of sp³-hybridized carbons (Fsp3) is 0.908. The van der Waals surface area contributed by atoms with Gasteiger partial charge in [0.2, 0.25) is 5.91 Å². The minimum Gasteiger partial charge on any atom is -0.466 e. The Labute approximate surface area is 443 Å². The summed E-state index contributed by atoms with van der Waals surface area (Å²) in [6.45, 7) is 4.89. The smallest absolute Gasteiger partial charge is 0.305 e. The van der Waals surface area contributed by atoms with Gasteiger partial charge in [-0.05, 0) is 51.4 Å². The third-order valence-corrected chi connectivity index (χ3v) is 15.0. The van der Waals surface area contributed by atoms with Crippen LogP contribution in [0.5, 0.6) is 0 Å². The standard InChI is InChI=1S/C65H125NO5/c1-3-5-7-9-11-13-15-16-17-18-28-31-34-38-41-45-49-53-57-63(68)62(61-67)66-64(69)58-54-50-46-42-39-35-32-29-26-24-22-20-19-21-23-25-27-30-33-36-40-44-48-52-56-60-71-65(70)59-55-51-47-43-37-14-12-10-8-6-4-2/h10,12,53,57,62-63,67-68H,3-9,11,13-52,54-56,58-61H2,1-2H3,(H,66,69)/b12-10-,57-53+. The number of hydrogen-bond acceptors (Lipinski definition) is 5. The molecule has 6 heteroatoms. The Morgan fingerprint density at radius 2 is 0.676 bits per heavy atom. The Bertz CT molecular complexity index is 1110. The molecule has 2 atom stereocenters. The second kappa shape index (κ2) is 60.9. The first-order valence-electron chi connectivity index (χ1n) is 32.1. The predicted molar refractivity (Wildman–Crippen MR) is 310 cm³/mol. The Kier molecular flexibility index (Phi) is 59.5. The lowest BCUT2D eigenvalue weighted by Gasteiger charge is -2.20. The largest absolute Gasteiger partial charge is 0.466 e. The number of esters is 1. The number of allylic oxidation sites excluding steroid dienone is 3. The number of rotatable bonds is 60. The van der Waals surface area contributed by atoms with E-state index in [2.05, 4.69) is 31.3 Å². The van der Waals surface area contributed by atoms with Crippen molar-refractivity contribution in [3.8, 4) is 0 Å². The molecule has 0 saturated carbocycles. The zero-order valence-electron chi connectivity index (χ0n) is 48.0. The van der Waals surface area contributed by atoms with Crippen molar-refractivity contribution >= 4 is 11.9 Å². The van der Waals surface area contributed by atoms with Crippen molar-refractivity contribution in [2.24, 2.45) is 0 Å². The first-order chi connectivity index (χ1) is 35.0. The van der Waals surface area contributed by atoms with Crippen LogP contribution < -0.4 is 5.32 Å². The quantitative estimate of drug-likeness (QED) is 0.0320. The Morgan fingerprint density at radius 1 is 0.380 bits per heavy atom. The van der Waals surface area contributed by atoms with Gasteiger partial charge in [0.05, 0.1) is 25.4 Å². The maximum atomic E-state index is 12.5. The molecule has 0 aromatic heterocycles. The van der Waals surface area contributed by atoms with Crippen molar-refractivity contribution in [1.29, 1.82) is 0 Å². The van der Waals surface area contributed by atoms with Crippen molar-refractivity contribution in [2.45, 2.75) is 366 Å². The van der Waals surface area contributed by atoms with Crippen LogP contribution >= 0.6 is 0 Å². The fourth-order valence-corrected chi connectivity index (χ4v) is 10.0. The molecule has 6 nitrogen and oxygen atoms in total. The minimum atomic E-state index is -0.843. The first kappa shape index (κ1) is 69.3. The topological polar surface area (TPSA) is 95.9 Å². The number of carbonyl (C=O) groups excluding carboxylic acids is 2. The number of unbranched alkanes of at least 4 members (excludes halogenated alkanes) is 47. The zero-order chi connectivity index (χ0) is 51.4. The Morgan fingerprint density at radius 3 is 1.04 bits per heavy atom. The van der Waals surface area contributed by atoms with Gasteiger partial charge in [0, 0.05) is 12.8 Å². The first-order valence-corrected chi connectivity index (χ1v) is 32.1. The van der Waals surface area contributed by atoms with Crippen molar-refractivity contribution in [1.82, 2.24) is 5.32 Å². The molecule has 0 bridgehead atoms. The van der Waals surface area contributed by atoms with Gasteiger partial charge in [0.1, 0.15) is 0 Å². The van der Waals surface area contributed by atoms with Gasteiger partial charge in [-0.3, -0.25) is 9.59 Å². The van der Waals surface area contributed by atoms with Crippen LogP contribution in [0.3, 0.4) is 0 Å². The molecule has 0 aliphatic heterocycles. The molecule has 0 fully saturated rings. The van der Waals surface area contributed by atoms with E-state index in [0.717, 1.165) is 44.9 Å². The minimum absolute atomic E-state index is 0.00516. The molecule has 0 rings (SSSR count). The number of nitrogens with one attached hydrogen (secondary N) is 1. The van der Waals surface area contributed by atoms with E-state index >= 15 is 0 Å². The highest BCUT2D eigenvalue weighted by molar-refractivity contribution is 5.76. The van der Waals surface area contributed by atoms with Gasteiger partial charge in [0.25, 0.3) is 0 Å². The summed E-state index contributed by atoms with van der Waals surface area (Å²) in [5.41, 5.74) is 0. The normalized spacial score (nSPS) is 12.7. The van der Waals surface area contributed by atoms with Crippen LogP contribution in [0.25, 0.3) is 0 Å². The molecule has 0 radical (unpaired) electrons. The fourth-order valence-electron chi connectivity index (χ4n) is 10.0. The van der Waals surface area contributed by atoms with Crippen molar-refractivity contribution < 1.29 is 24.5 Å². The lowest BCUT2D eigenvalue weighted by atomic mass is 10.0. The average Bonchev–Trinajstić information content (AvgIpc) is 3.37. The van der Waals surface area contributed by atoms with E-state index in [-0.39, 0.29) is 18.5 Å². The summed E-state index contributed by atoms with van der Waals surface area (Å²) in [7, 11) is 0.